The van der Waals surface area contributed by atoms with E-state index in [0.717, 1.165) is 44.0 Å². The number of hydrogen-bond donors (Lipinski definition) is 2. The summed E-state index contributed by atoms with van der Waals surface area (Å²) in [6.45, 7) is 5.82. The molecule has 172 valence electrons. The Kier molecular flexibility index (Phi) is 9.85. The summed E-state index contributed by atoms with van der Waals surface area (Å²) in [6, 6.07) is 3.79. The third-order valence-electron chi connectivity index (χ3n) is 4.83. The highest BCUT2D eigenvalue weighted by atomic mass is 16.5. The number of nitrogens with zero attached hydrogens (tertiary/aromatic N) is 6. The molecule has 0 aliphatic carbocycles. The Morgan fingerprint density at radius 1 is 1.22 bits per heavy atom. The molecule has 1 aliphatic heterocycles. The van der Waals surface area contributed by atoms with Crippen LogP contribution in [-0.4, -0.2) is 59.1 Å². The largest absolute Gasteiger partial charge is 0.486 e. The van der Waals surface area contributed by atoms with Crippen LogP contribution in [0.5, 0.6) is 5.75 Å². The third kappa shape index (κ3) is 6.91. The van der Waals surface area contributed by atoms with E-state index >= 15 is 0 Å². The van der Waals surface area contributed by atoms with Crippen molar-refractivity contribution in [1.82, 2.24) is 29.4 Å². The number of carbonyl (C=O) groups is 2. The van der Waals surface area contributed by atoms with Crippen molar-refractivity contribution in [2.75, 3.05) is 6.54 Å². The fourth-order valence-corrected chi connectivity index (χ4v) is 3.48. The summed E-state index contributed by atoms with van der Waals surface area (Å²) < 4.78 is 9.85. The van der Waals surface area contributed by atoms with E-state index in [4.69, 9.17) is 29.6 Å². The van der Waals surface area contributed by atoms with Gasteiger partial charge in [-0.25, -0.2) is 0 Å². The van der Waals surface area contributed by atoms with Gasteiger partial charge in [0.25, 0.3) is 12.9 Å². The predicted octanol–water partition coefficient (Wildman–Crippen LogP) is 1.57. The fourth-order valence-electron chi connectivity index (χ4n) is 3.48. The molecule has 11 heteroatoms. The minimum atomic E-state index is -0.250. The van der Waals surface area contributed by atoms with Crippen LogP contribution in [0.1, 0.15) is 29.4 Å². The van der Waals surface area contributed by atoms with Gasteiger partial charge in [-0.1, -0.05) is 0 Å². The molecule has 2 N–H and O–H groups in total. The van der Waals surface area contributed by atoms with Gasteiger partial charge in [-0.05, 0) is 19.1 Å². The molecule has 11 nitrogen and oxygen atoms in total. The lowest BCUT2D eigenvalue weighted by Crippen LogP contribution is -2.30. The lowest BCUT2D eigenvalue weighted by atomic mass is 10.0. The van der Waals surface area contributed by atoms with E-state index in [1.54, 1.807) is 12.4 Å². The molecular weight excluding hydrogens is 416 g/mol. The minimum Gasteiger partial charge on any atom is -0.486 e. The number of carboxylic acid groups (broad SMARTS) is 2. The van der Waals surface area contributed by atoms with E-state index in [2.05, 4.69) is 28.1 Å². The summed E-state index contributed by atoms with van der Waals surface area (Å²) in [6.07, 6.45) is 8.58. The second kappa shape index (κ2) is 12.8. The molecule has 1 aliphatic rings. The molecule has 32 heavy (non-hydrogen) atoms. The zero-order chi connectivity index (χ0) is 23.3. The minimum absolute atomic E-state index is 0.250. The van der Waals surface area contributed by atoms with Crippen molar-refractivity contribution in [3.8, 4) is 5.75 Å². The van der Waals surface area contributed by atoms with Gasteiger partial charge in [-0.3, -0.25) is 28.8 Å². The van der Waals surface area contributed by atoms with E-state index in [0.29, 0.717) is 6.61 Å². The molecule has 0 aromatic carbocycles. The van der Waals surface area contributed by atoms with Crippen molar-refractivity contribution in [3.05, 3.63) is 59.4 Å². The summed E-state index contributed by atoms with van der Waals surface area (Å²) in [5.41, 5.74) is 4.88. The number of ether oxygens (including phenoxy) is 1. The van der Waals surface area contributed by atoms with Crippen LogP contribution in [0.2, 0.25) is 0 Å². The Bertz CT molecular complexity index is 966. The molecular formula is C21H28N6O5. The van der Waals surface area contributed by atoms with Gasteiger partial charge in [0.05, 0.1) is 12.4 Å². The van der Waals surface area contributed by atoms with Gasteiger partial charge in [-0.15, -0.1) is 0 Å². The topological polar surface area (TPSA) is 136 Å². The monoisotopic (exact) mass is 444 g/mol. The van der Waals surface area contributed by atoms with Crippen LogP contribution in [0.3, 0.4) is 0 Å². The maximum absolute atomic E-state index is 8.36. The second-order valence-corrected chi connectivity index (χ2v) is 6.85. The fraction of sp³-hybridized carbons (Fsp3) is 0.381. The van der Waals surface area contributed by atoms with Crippen LogP contribution in [-0.2, 0) is 49.3 Å². The van der Waals surface area contributed by atoms with Gasteiger partial charge in [0.2, 0.25) is 0 Å². The molecule has 3 aromatic heterocycles. The predicted molar refractivity (Wildman–Crippen MR) is 115 cm³/mol. The van der Waals surface area contributed by atoms with Crippen molar-refractivity contribution in [2.45, 2.75) is 39.6 Å². The number of rotatable bonds is 6. The average Bonchev–Trinajstić information content (AvgIpc) is 3.38. The normalized spacial score (nSPS) is 12.4. The number of hydrogen-bond acceptors (Lipinski definition) is 7. The van der Waals surface area contributed by atoms with Crippen LogP contribution >= 0.6 is 0 Å². The number of pyridine rings is 1. The standard InChI is InChI=1S/C19H24N6O.2CH2O2/c1-3-25-12-15(9-21-25)11-24-8-6-19-17(13-24)18(22-23(19)2)14-26-16-5-4-7-20-10-16;2*2-1-3/h4-5,7,9-10,12H,3,6,8,11,13-14H2,1-2H3;2*1H,(H,2,3). The van der Waals surface area contributed by atoms with E-state index in [9.17, 15) is 0 Å². The first-order valence-electron chi connectivity index (χ1n) is 10.0. The maximum Gasteiger partial charge on any atom is 0.290 e. The maximum atomic E-state index is 8.36. The van der Waals surface area contributed by atoms with Gasteiger partial charge in [0.15, 0.2) is 0 Å². The molecule has 0 saturated carbocycles. The summed E-state index contributed by atoms with van der Waals surface area (Å²) in [5.74, 6) is 0.770. The molecule has 3 aromatic rings. The Morgan fingerprint density at radius 2 is 1.97 bits per heavy atom. The van der Waals surface area contributed by atoms with Crippen LogP contribution in [0.25, 0.3) is 0 Å². The lowest BCUT2D eigenvalue weighted by Gasteiger charge is -2.27. The zero-order valence-electron chi connectivity index (χ0n) is 18.2. The van der Waals surface area contributed by atoms with Gasteiger partial charge in [0, 0.05) is 68.9 Å². The summed E-state index contributed by atoms with van der Waals surface area (Å²) in [5, 5.41) is 22.8. The molecule has 0 saturated heterocycles. The molecule has 4 heterocycles. The number of fused-ring (bicyclic) bond motifs is 1. The van der Waals surface area contributed by atoms with Crippen LogP contribution in [0.15, 0.2) is 36.9 Å². The lowest BCUT2D eigenvalue weighted by molar-refractivity contribution is -0.123. The number of aryl methyl sites for hydroxylation is 2. The third-order valence-corrected chi connectivity index (χ3v) is 4.83. The molecule has 0 spiro atoms. The van der Waals surface area contributed by atoms with Crippen molar-refractivity contribution < 1.29 is 24.5 Å². The Hall–Kier alpha value is -3.73. The molecule has 0 amide bonds. The van der Waals surface area contributed by atoms with Gasteiger partial charge >= 0.3 is 0 Å². The van der Waals surface area contributed by atoms with Crippen molar-refractivity contribution in [1.29, 1.82) is 0 Å². The Labute approximate surface area is 185 Å². The summed E-state index contributed by atoms with van der Waals surface area (Å²) in [4.78, 5) is 23.3. The summed E-state index contributed by atoms with van der Waals surface area (Å²) in [7, 11) is 2.02. The molecule has 0 atom stereocenters. The molecule has 0 bridgehead atoms. The van der Waals surface area contributed by atoms with Crippen LogP contribution in [0, 0.1) is 0 Å². The molecule has 0 unspecified atom stereocenters. The molecule has 0 fully saturated rings. The van der Waals surface area contributed by atoms with E-state index in [1.807, 2.05) is 34.7 Å². The first kappa shape index (κ1) is 24.5. The zero-order valence-corrected chi connectivity index (χ0v) is 18.2. The number of aromatic nitrogens is 5. The van der Waals surface area contributed by atoms with E-state index < -0.39 is 0 Å². The highest BCUT2D eigenvalue weighted by Crippen LogP contribution is 2.24. The molecule has 4 rings (SSSR count). The first-order valence-corrected chi connectivity index (χ1v) is 10.0. The smallest absolute Gasteiger partial charge is 0.290 e. The quantitative estimate of drug-likeness (QED) is 0.543. The first-order chi connectivity index (χ1) is 15.6. The Morgan fingerprint density at radius 3 is 2.59 bits per heavy atom. The Balaban J connectivity index is 0.000000547. The van der Waals surface area contributed by atoms with Gasteiger partial charge in [-0.2, -0.15) is 10.2 Å². The van der Waals surface area contributed by atoms with E-state index in [1.165, 1.54) is 16.8 Å². The van der Waals surface area contributed by atoms with Gasteiger partial charge in [0.1, 0.15) is 18.1 Å². The van der Waals surface area contributed by atoms with Crippen molar-refractivity contribution in [2.24, 2.45) is 7.05 Å². The highest BCUT2D eigenvalue weighted by molar-refractivity contribution is 5.33. The highest BCUT2D eigenvalue weighted by Gasteiger charge is 2.24. The second-order valence-electron chi connectivity index (χ2n) is 6.85. The average molecular weight is 444 g/mol. The van der Waals surface area contributed by atoms with Crippen LogP contribution < -0.4 is 4.74 Å². The van der Waals surface area contributed by atoms with Gasteiger partial charge < -0.3 is 14.9 Å². The molecule has 0 radical (unpaired) electrons. The van der Waals surface area contributed by atoms with Crippen molar-refractivity contribution >= 4 is 12.9 Å². The van der Waals surface area contributed by atoms with Crippen molar-refractivity contribution in [3.63, 3.8) is 0 Å². The summed E-state index contributed by atoms with van der Waals surface area (Å²) >= 11 is 0. The van der Waals surface area contributed by atoms with Crippen LogP contribution in [0.4, 0.5) is 0 Å². The SMILES string of the molecule is CCn1cc(CN2CCc3c(c(COc4cccnc4)nn3C)C2)cn1.O=CO.O=CO. The van der Waals surface area contributed by atoms with E-state index in [-0.39, 0.29) is 12.9 Å².